The van der Waals surface area contributed by atoms with Crippen molar-refractivity contribution in [3.05, 3.63) is 0 Å². The molecule has 2 heteroatoms. The lowest BCUT2D eigenvalue weighted by Crippen LogP contribution is -2.33. The molecule has 1 saturated carbocycles. The van der Waals surface area contributed by atoms with Gasteiger partial charge in [0.05, 0.1) is 13.3 Å². The zero-order chi connectivity index (χ0) is 9.64. The molecule has 2 nitrogen and oxygen atoms in total. The van der Waals surface area contributed by atoms with E-state index in [0.29, 0.717) is 0 Å². The Balaban J connectivity index is 1.80. The molecule has 14 heavy (non-hydrogen) atoms. The van der Waals surface area contributed by atoms with Gasteiger partial charge in [0.2, 0.25) is 0 Å². The molecular formula is C12H23NO. The van der Waals surface area contributed by atoms with E-state index in [1.807, 2.05) is 0 Å². The Bertz CT molecular complexity index is 144. The van der Waals surface area contributed by atoms with Crippen molar-refractivity contribution in [2.24, 2.45) is 0 Å². The maximum atomic E-state index is 5.44. The molecule has 2 fully saturated rings. The van der Waals surface area contributed by atoms with Gasteiger partial charge >= 0.3 is 0 Å². The van der Waals surface area contributed by atoms with Crippen molar-refractivity contribution in [3.8, 4) is 0 Å². The lowest BCUT2D eigenvalue weighted by atomic mass is 10.0. The molecule has 82 valence electrons. The summed E-state index contributed by atoms with van der Waals surface area (Å²) in [6.07, 6.45) is 11.5. The van der Waals surface area contributed by atoms with Gasteiger partial charge in [-0.05, 0) is 12.8 Å². The molecule has 0 spiro atoms. The normalized spacial score (nSPS) is 28.3. The van der Waals surface area contributed by atoms with Gasteiger partial charge in [-0.1, -0.05) is 38.5 Å². The van der Waals surface area contributed by atoms with E-state index >= 15 is 0 Å². The van der Waals surface area contributed by atoms with Crippen molar-refractivity contribution in [2.45, 2.75) is 57.4 Å². The van der Waals surface area contributed by atoms with Crippen LogP contribution >= 0.6 is 0 Å². The first kappa shape index (κ1) is 10.4. The minimum atomic E-state index is 0.829. The Hall–Kier alpha value is -0.0800. The molecule has 1 saturated heterocycles. The predicted octanol–water partition coefficient (Wildman–Crippen LogP) is 2.78. The minimum Gasteiger partial charge on any atom is -0.365 e. The molecule has 0 bridgehead atoms. The fraction of sp³-hybridized carbons (Fsp3) is 1.00. The first-order valence-electron chi connectivity index (χ1n) is 6.28. The molecule has 0 radical (unpaired) electrons. The summed E-state index contributed by atoms with van der Waals surface area (Å²) in [7, 11) is 0. The van der Waals surface area contributed by atoms with Crippen LogP contribution in [0.5, 0.6) is 0 Å². The van der Waals surface area contributed by atoms with Gasteiger partial charge in [-0.15, -0.1) is 0 Å². The van der Waals surface area contributed by atoms with E-state index in [9.17, 15) is 0 Å². The van der Waals surface area contributed by atoms with Gasteiger partial charge in [0.25, 0.3) is 0 Å². The van der Waals surface area contributed by atoms with Crippen molar-refractivity contribution in [3.63, 3.8) is 0 Å². The fourth-order valence-electron chi connectivity index (χ4n) is 2.69. The first-order valence-corrected chi connectivity index (χ1v) is 6.28. The van der Waals surface area contributed by atoms with Gasteiger partial charge < -0.3 is 4.74 Å². The lowest BCUT2D eigenvalue weighted by Gasteiger charge is -2.25. The third-order valence-electron chi connectivity index (χ3n) is 3.62. The highest BCUT2D eigenvalue weighted by atomic mass is 16.5. The van der Waals surface area contributed by atoms with Crippen molar-refractivity contribution in [1.82, 2.24) is 4.90 Å². The molecule has 0 aromatic rings. The van der Waals surface area contributed by atoms with Gasteiger partial charge in [-0.3, -0.25) is 4.90 Å². The van der Waals surface area contributed by atoms with Crippen LogP contribution in [0.2, 0.25) is 0 Å². The second-order valence-corrected chi connectivity index (χ2v) is 4.70. The van der Waals surface area contributed by atoms with Crippen molar-refractivity contribution < 1.29 is 4.74 Å². The number of ether oxygens (including phenoxy) is 1. The highest BCUT2D eigenvalue weighted by Gasteiger charge is 2.21. The third kappa shape index (κ3) is 2.96. The van der Waals surface area contributed by atoms with Crippen LogP contribution in [0.15, 0.2) is 0 Å². The summed E-state index contributed by atoms with van der Waals surface area (Å²) in [5, 5.41) is 0. The summed E-state index contributed by atoms with van der Waals surface area (Å²) in [4.78, 5) is 2.55. The van der Waals surface area contributed by atoms with E-state index in [2.05, 4.69) is 4.90 Å². The molecule has 2 rings (SSSR count). The Labute approximate surface area is 87.6 Å². The average Bonchev–Trinajstić information content (AvgIpc) is 2.75. The van der Waals surface area contributed by atoms with Crippen molar-refractivity contribution >= 4 is 0 Å². The summed E-state index contributed by atoms with van der Waals surface area (Å²) in [5.74, 6) is 0. The lowest BCUT2D eigenvalue weighted by molar-refractivity contribution is 0.106. The fourth-order valence-corrected chi connectivity index (χ4v) is 2.69. The van der Waals surface area contributed by atoms with Crippen LogP contribution in [0.4, 0.5) is 0 Å². The molecular weight excluding hydrogens is 174 g/mol. The molecule has 0 N–H and O–H groups in total. The number of rotatable bonds is 1. The maximum absolute atomic E-state index is 5.44. The first-order chi connectivity index (χ1) is 6.97. The summed E-state index contributed by atoms with van der Waals surface area (Å²) >= 11 is 0. The van der Waals surface area contributed by atoms with Crippen LogP contribution in [-0.4, -0.2) is 30.8 Å². The summed E-state index contributed by atoms with van der Waals surface area (Å²) in [6.45, 7) is 3.02. The SMILES string of the molecule is C1CCCCC(N2CCOC2)CCC1. The standard InChI is InChI=1S/C12H23NO/c1-2-4-6-8-12(7-5-3-1)13-9-10-14-11-13/h12H,1-11H2. The molecule has 1 aliphatic heterocycles. The molecule has 0 aromatic carbocycles. The van der Waals surface area contributed by atoms with Gasteiger partial charge in [-0.2, -0.15) is 0 Å². The topological polar surface area (TPSA) is 12.5 Å². The number of hydrogen-bond acceptors (Lipinski definition) is 2. The molecule has 0 amide bonds. The molecule has 1 aliphatic carbocycles. The quantitative estimate of drug-likeness (QED) is 0.641. The van der Waals surface area contributed by atoms with Crippen molar-refractivity contribution in [2.75, 3.05) is 19.9 Å². The van der Waals surface area contributed by atoms with E-state index in [1.165, 1.54) is 57.9 Å². The van der Waals surface area contributed by atoms with E-state index < -0.39 is 0 Å². The molecule has 2 aliphatic rings. The Kier molecular flexibility index (Phi) is 4.26. The number of hydrogen-bond donors (Lipinski definition) is 0. The van der Waals surface area contributed by atoms with Crippen molar-refractivity contribution in [1.29, 1.82) is 0 Å². The highest BCUT2D eigenvalue weighted by molar-refractivity contribution is 4.73. The Morgan fingerprint density at radius 2 is 1.50 bits per heavy atom. The molecule has 0 atom stereocenters. The number of nitrogens with zero attached hydrogens (tertiary/aromatic N) is 1. The van der Waals surface area contributed by atoms with Crippen LogP contribution in [0.1, 0.15) is 51.4 Å². The summed E-state index contributed by atoms with van der Waals surface area (Å²) in [6, 6.07) is 0.829. The van der Waals surface area contributed by atoms with Crippen LogP contribution in [0.3, 0.4) is 0 Å². The highest BCUT2D eigenvalue weighted by Crippen LogP contribution is 2.22. The minimum absolute atomic E-state index is 0.829. The van der Waals surface area contributed by atoms with E-state index in [-0.39, 0.29) is 0 Å². The van der Waals surface area contributed by atoms with E-state index in [1.54, 1.807) is 0 Å². The Morgan fingerprint density at radius 1 is 0.857 bits per heavy atom. The molecule has 0 unspecified atom stereocenters. The second-order valence-electron chi connectivity index (χ2n) is 4.70. The van der Waals surface area contributed by atoms with Crippen LogP contribution < -0.4 is 0 Å². The summed E-state index contributed by atoms with van der Waals surface area (Å²) < 4.78 is 5.44. The van der Waals surface area contributed by atoms with Gasteiger partial charge in [-0.25, -0.2) is 0 Å². The van der Waals surface area contributed by atoms with Gasteiger partial charge in [0.1, 0.15) is 0 Å². The smallest absolute Gasteiger partial charge is 0.0994 e. The predicted molar refractivity (Wildman–Crippen MR) is 58.2 cm³/mol. The van der Waals surface area contributed by atoms with Gasteiger partial charge in [0.15, 0.2) is 0 Å². The van der Waals surface area contributed by atoms with Crippen LogP contribution in [-0.2, 0) is 4.74 Å². The zero-order valence-corrected chi connectivity index (χ0v) is 9.21. The molecule has 1 heterocycles. The van der Waals surface area contributed by atoms with Gasteiger partial charge in [0, 0.05) is 12.6 Å². The third-order valence-corrected chi connectivity index (χ3v) is 3.62. The van der Waals surface area contributed by atoms with Crippen LogP contribution in [0.25, 0.3) is 0 Å². The molecule has 0 aromatic heterocycles. The average molecular weight is 197 g/mol. The van der Waals surface area contributed by atoms with Crippen LogP contribution in [0, 0.1) is 0 Å². The van der Waals surface area contributed by atoms with E-state index in [4.69, 9.17) is 4.74 Å². The monoisotopic (exact) mass is 197 g/mol. The summed E-state index contributed by atoms with van der Waals surface area (Å²) in [5.41, 5.74) is 0. The largest absolute Gasteiger partial charge is 0.365 e. The Morgan fingerprint density at radius 3 is 2.07 bits per heavy atom. The maximum Gasteiger partial charge on any atom is 0.0994 e. The zero-order valence-electron chi connectivity index (χ0n) is 9.21. The second kappa shape index (κ2) is 5.72. The van der Waals surface area contributed by atoms with E-state index in [0.717, 1.165) is 19.4 Å².